The molecule has 0 aromatic carbocycles. The Labute approximate surface area is 91.5 Å². The SMILES string of the molecule is Cc1nc(CNc2ccc(Cl)cn2)no1. The second-order valence-corrected chi connectivity index (χ2v) is 3.38. The normalized spacial score (nSPS) is 10.3. The fourth-order valence-electron chi connectivity index (χ4n) is 1.06. The predicted octanol–water partition coefficient (Wildman–Crippen LogP) is 2.04. The Morgan fingerprint density at radius 3 is 2.93 bits per heavy atom. The summed E-state index contributed by atoms with van der Waals surface area (Å²) in [5.74, 6) is 1.88. The van der Waals surface area contributed by atoms with Crippen LogP contribution in [0.25, 0.3) is 0 Å². The molecule has 0 bridgehead atoms. The number of halogens is 1. The van der Waals surface area contributed by atoms with Crippen molar-refractivity contribution in [2.45, 2.75) is 13.5 Å². The van der Waals surface area contributed by atoms with Crippen molar-refractivity contribution in [1.29, 1.82) is 0 Å². The topological polar surface area (TPSA) is 63.8 Å². The van der Waals surface area contributed by atoms with Crippen LogP contribution in [0.5, 0.6) is 0 Å². The van der Waals surface area contributed by atoms with Crippen LogP contribution in [0.4, 0.5) is 5.82 Å². The van der Waals surface area contributed by atoms with Crippen LogP contribution in [0.2, 0.25) is 5.02 Å². The van der Waals surface area contributed by atoms with Gasteiger partial charge < -0.3 is 9.84 Å². The molecule has 0 amide bonds. The van der Waals surface area contributed by atoms with Gasteiger partial charge in [0.2, 0.25) is 5.89 Å². The lowest BCUT2D eigenvalue weighted by Crippen LogP contribution is -2.02. The first-order chi connectivity index (χ1) is 7.24. The van der Waals surface area contributed by atoms with E-state index in [0.717, 1.165) is 5.82 Å². The van der Waals surface area contributed by atoms with E-state index in [1.165, 1.54) is 0 Å². The van der Waals surface area contributed by atoms with Crippen molar-refractivity contribution in [3.05, 3.63) is 35.1 Å². The summed E-state index contributed by atoms with van der Waals surface area (Å²) in [5.41, 5.74) is 0. The van der Waals surface area contributed by atoms with E-state index in [1.807, 2.05) is 0 Å². The molecule has 0 aliphatic rings. The number of nitrogens with one attached hydrogen (secondary N) is 1. The number of aryl methyl sites for hydroxylation is 1. The molecule has 0 atom stereocenters. The number of nitrogens with zero attached hydrogens (tertiary/aromatic N) is 3. The lowest BCUT2D eigenvalue weighted by molar-refractivity contribution is 0.388. The Hall–Kier alpha value is -1.62. The van der Waals surface area contributed by atoms with Gasteiger partial charge in [-0.3, -0.25) is 0 Å². The molecule has 2 heterocycles. The molecule has 78 valence electrons. The first-order valence-corrected chi connectivity index (χ1v) is 4.76. The number of aromatic nitrogens is 3. The van der Waals surface area contributed by atoms with Crippen molar-refractivity contribution in [1.82, 2.24) is 15.1 Å². The maximum Gasteiger partial charge on any atom is 0.223 e. The Kier molecular flexibility index (Phi) is 2.82. The van der Waals surface area contributed by atoms with Crippen LogP contribution in [-0.2, 0) is 6.54 Å². The molecule has 0 aliphatic heterocycles. The average Bonchev–Trinajstić information content (AvgIpc) is 2.64. The van der Waals surface area contributed by atoms with E-state index in [-0.39, 0.29) is 0 Å². The van der Waals surface area contributed by atoms with Gasteiger partial charge in [-0.2, -0.15) is 4.98 Å². The maximum atomic E-state index is 5.70. The number of hydrogen-bond acceptors (Lipinski definition) is 5. The van der Waals surface area contributed by atoms with Crippen LogP contribution in [0.15, 0.2) is 22.9 Å². The Morgan fingerprint density at radius 2 is 2.33 bits per heavy atom. The zero-order valence-electron chi connectivity index (χ0n) is 8.07. The third kappa shape index (κ3) is 2.66. The minimum Gasteiger partial charge on any atom is -0.363 e. The van der Waals surface area contributed by atoms with Gasteiger partial charge in [0.05, 0.1) is 11.6 Å². The quantitative estimate of drug-likeness (QED) is 0.864. The molecule has 0 unspecified atom stereocenters. The highest BCUT2D eigenvalue weighted by Gasteiger charge is 2.01. The Bertz CT molecular complexity index is 440. The van der Waals surface area contributed by atoms with Gasteiger partial charge in [0.1, 0.15) is 5.82 Å². The monoisotopic (exact) mass is 224 g/mol. The fraction of sp³-hybridized carbons (Fsp3) is 0.222. The molecule has 5 nitrogen and oxygen atoms in total. The molecule has 0 radical (unpaired) electrons. The molecular weight excluding hydrogens is 216 g/mol. The number of anilines is 1. The maximum absolute atomic E-state index is 5.70. The average molecular weight is 225 g/mol. The number of hydrogen-bond donors (Lipinski definition) is 1. The summed E-state index contributed by atoms with van der Waals surface area (Å²) >= 11 is 5.70. The molecule has 2 aromatic heterocycles. The van der Waals surface area contributed by atoms with Gasteiger partial charge in [-0.15, -0.1) is 0 Å². The second-order valence-electron chi connectivity index (χ2n) is 2.94. The Balaban J connectivity index is 1.96. The van der Waals surface area contributed by atoms with Crippen molar-refractivity contribution in [3.63, 3.8) is 0 Å². The molecule has 1 N–H and O–H groups in total. The van der Waals surface area contributed by atoms with E-state index in [4.69, 9.17) is 16.1 Å². The lowest BCUT2D eigenvalue weighted by Gasteiger charge is -2.01. The lowest BCUT2D eigenvalue weighted by atomic mass is 10.4. The summed E-state index contributed by atoms with van der Waals surface area (Å²) in [4.78, 5) is 8.12. The first-order valence-electron chi connectivity index (χ1n) is 4.38. The zero-order valence-corrected chi connectivity index (χ0v) is 8.82. The van der Waals surface area contributed by atoms with E-state index < -0.39 is 0 Å². The van der Waals surface area contributed by atoms with E-state index in [9.17, 15) is 0 Å². The van der Waals surface area contributed by atoms with E-state index >= 15 is 0 Å². The first kappa shape index (κ1) is 9.92. The predicted molar refractivity (Wildman–Crippen MR) is 55.6 cm³/mol. The molecule has 0 saturated carbocycles. The standard InChI is InChI=1S/C9H9ClN4O/c1-6-13-9(14-15-6)5-12-8-3-2-7(10)4-11-8/h2-4H,5H2,1H3,(H,11,12). The highest BCUT2D eigenvalue weighted by atomic mass is 35.5. The summed E-state index contributed by atoms with van der Waals surface area (Å²) in [6, 6.07) is 3.55. The minimum atomic E-state index is 0.478. The summed E-state index contributed by atoms with van der Waals surface area (Å²) < 4.78 is 4.83. The van der Waals surface area contributed by atoms with Crippen LogP contribution in [0, 0.1) is 6.92 Å². The molecule has 0 fully saturated rings. The van der Waals surface area contributed by atoms with Crippen molar-refractivity contribution in [2.75, 3.05) is 5.32 Å². The molecular formula is C9H9ClN4O. The van der Waals surface area contributed by atoms with E-state index in [2.05, 4.69) is 20.4 Å². The zero-order chi connectivity index (χ0) is 10.7. The van der Waals surface area contributed by atoms with Gasteiger partial charge in [-0.1, -0.05) is 16.8 Å². The van der Waals surface area contributed by atoms with Crippen molar-refractivity contribution >= 4 is 17.4 Å². The van der Waals surface area contributed by atoms with Crippen molar-refractivity contribution < 1.29 is 4.52 Å². The molecule has 15 heavy (non-hydrogen) atoms. The fourth-order valence-corrected chi connectivity index (χ4v) is 1.17. The molecule has 0 aliphatic carbocycles. The van der Waals surface area contributed by atoms with Gasteiger partial charge in [0, 0.05) is 13.1 Å². The highest BCUT2D eigenvalue weighted by Crippen LogP contribution is 2.10. The van der Waals surface area contributed by atoms with Gasteiger partial charge in [-0.05, 0) is 12.1 Å². The molecule has 2 aromatic rings. The van der Waals surface area contributed by atoms with Gasteiger partial charge >= 0.3 is 0 Å². The molecule has 2 rings (SSSR count). The smallest absolute Gasteiger partial charge is 0.223 e. The number of rotatable bonds is 3. The largest absolute Gasteiger partial charge is 0.363 e. The van der Waals surface area contributed by atoms with Crippen LogP contribution in [0.3, 0.4) is 0 Å². The third-order valence-corrected chi connectivity index (χ3v) is 1.95. The van der Waals surface area contributed by atoms with Crippen LogP contribution < -0.4 is 5.32 Å². The van der Waals surface area contributed by atoms with Crippen LogP contribution in [0.1, 0.15) is 11.7 Å². The van der Waals surface area contributed by atoms with Gasteiger partial charge in [0.25, 0.3) is 0 Å². The van der Waals surface area contributed by atoms with E-state index in [1.54, 1.807) is 25.3 Å². The molecule has 0 saturated heterocycles. The van der Waals surface area contributed by atoms with E-state index in [0.29, 0.717) is 23.3 Å². The number of pyridine rings is 1. The van der Waals surface area contributed by atoms with Crippen LogP contribution >= 0.6 is 11.6 Å². The van der Waals surface area contributed by atoms with Crippen molar-refractivity contribution in [3.8, 4) is 0 Å². The minimum absolute atomic E-state index is 0.478. The molecule has 6 heteroatoms. The summed E-state index contributed by atoms with van der Waals surface area (Å²) in [5, 5.41) is 7.40. The molecule has 0 spiro atoms. The van der Waals surface area contributed by atoms with Gasteiger partial charge in [0.15, 0.2) is 5.82 Å². The van der Waals surface area contributed by atoms with Gasteiger partial charge in [-0.25, -0.2) is 4.98 Å². The second kappa shape index (κ2) is 4.27. The summed E-state index contributed by atoms with van der Waals surface area (Å²) in [7, 11) is 0. The van der Waals surface area contributed by atoms with Crippen LogP contribution in [-0.4, -0.2) is 15.1 Å². The third-order valence-electron chi connectivity index (χ3n) is 1.72. The highest BCUT2D eigenvalue weighted by molar-refractivity contribution is 6.30. The van der Waals surface area contributed by atoms with Crippen molar-refractivity contribution in [2.24, 2.45) is 0 Å². The summed E-state index contributed by atoms with van der Waals surface area (Å²) in [6.45, 7) is 2.23. The Morgan fingerprint density at radius 1 is 1.47 bits per heavy atom. The summed E-state index contributed by atoms with van der Waals surface area (Å²) in [6.07, 6.45) is 1.57.